The molecule has 4 amide bonds. The number of rotatable bonds is 14. The number of thioether (sulfide) groups is 2. The van der Waals surface area contributed by atoms with Crippen LogP contribution in [0.5, 0.6) is 11.5 Å². The van der Waals surface area contributed by atoms with Crippen molar-refractivity contribution in [3.05, 3.63) is 59.7 Å². The molecule has 0 bridgehead atoms. The lowest BCUT2D eigenvalue weighted by Gasteiger charge is -2.40. The van der Waals surface area contributed by atoms with Gasteiger partial charge in [0.25, 0.3) is 0 Å². The van der Waals surface area contributed by atoms with Gasteiger partial charge >= 0.3 is 11.9 Å². The van der Waals surface area contributed by atoms with Crippen molar-refractivity contribution in [3.63, 3.8) is 0 Å². The third-order valence-corrected chi connectivity index (χ3v) is 14.6. The van der Waals surface area contributed by atoms with Crippen molar-refractivity contribution in [3.8, 4) is 11.5 Å². The van der Waals surface area contributed by atoms with E-state index in [2.05, 4.69) is 10.6 Å². The molecule has 0 radical (unpaired) electrons. The third kappa shape index (κ3) is 10.8. The predicted octanol–water partition coefficient (Wildman–Crippen LogP) is 4.20. The molecule has 4 aliphatic heterocycles. The van der Waals surface area contributed by atoms with Gasteiger partial charge in [-0.2, -0.15) is 0 Å². The Bertz CT molecular complexity index is 1810. The SMILES string of the molecule is COC(=O)C1CCCC2SCCC(NC(=O)C(CCC(Cc3ccc(OC)cc3)C(=O)NC3CCSC4CCCC(C(=O)OC)N4C3=O)Cc3ccc(O)cc3)C(=O)N21. The van der Waals surface area contributed by atoms with E-state index >= 15 is 0 Å². The van der Waals surface area contributed by atoms with Crippen molar-refractivity contribution in [1.82, 2.24) is 20.4 Å². The first-order valence-electron chi connectivity index (χ1n) is 20.6. The van der Waals surface area contributed by atoms with Crippen molar-refractivity contribution in [2.45, 2.75) is 112 Å². The summed E-state index contributed by atoms with van der Waals surface area (Å²) in [7, 11) is 4.21. The fourth-order valence-corrected chi connectivity index (χ4v) is 11.5. The third-order valence-electron chi connectivity index (χ3n) is 11.9. The molecule has 4 saturated heterocycles. The Balaban J connectivity index is 1.23. The summed E-state index contributed by atoms with van der Waals surface area (Å²) in [6, 6.07) is 10.9. The van der Waals surface area contributed by atoms with Gasteiger partial charge in [-0.25, -0.2) is 9.59 Å². The highest BCUT2D eigenvalue weighted by atomic mass is 32.2. The number of benzene rings is 2. The van der Waals surface area contributed by atoms with Crippen LogP contribution in [-0.2, 0) is 51.1 Å². The number of fused-ring (bicyclic) bond motifs is 2. The fraction of sp³-hybridized carbons (Fsp3) is 0.581. The smallest absolute Gasteiger partial charge is 0.328 e. The number of nitrogens with zero attached hydrogens (tertiary/aromatic N) is 2. The standard InChI is InChI=1S/C43H56N4O10S2/c1-55-31-18-12-27(13-19-31)25-29(39(50)45-33-21-23-59-37-9-5-7-35(43(54)57-3)47(37)41(33)52)15-14-28(24-26-10-16-30(48)17-11-26)38(49)44-32-20-22-58-36-8-4-6-34(42(53)56-2)46(36)40(32)51/h10-13,16-19,28-29,32-37,48H,4-9,14-15,20-25H2,1-3H3,(H,44,49)(H,45,50). The molecule has 4 fully saturated rings. The van der Waals surface area contributed by atoms with E-state index in [1.165, 1.54) is 14.2 Å². The van der Waals surface area contributed by atoms with Crippen LogP contribution >= 0.6 is 23.5 Å². The summed E-state index contributed by atoms with van der Waals surface area (Å²) < 4.78 is 15.5. The van der Waals surface area contributed by atoms with E-state index in [4.69, 9.17) is 14.2 Å². The summed E-state index contributed by atoms with van der Waals surface area (Å²) in [5, 5.41) is 15.7. The second-order valence-electron chi connectivity index (χ2n) is 15.7. The molecule has 14 nitrogen and oxygen atoms in total. The largest absolute Gasteiger partial charge is 0.508 e. The number of methoxy groups -OCH3 is 3. The molecule has 0 aromatic heterocycles. The normalized spacial score (nSPS) is 25.5. The molecule has 4 aliphatic rings. The number of hydrogen-bond acceptors (Lipinski definition) is 12. The lowest BCUT2D eigenvalue weighted by molar-refractivity contribution is -0.156. The monoisotopic (exact) mass is 852 g/mol. The molecule has 4 heterocycles. The second kappa shape index (κ2) is 20.7. The maximum atomic E-state index is 14.4. The number of phenolic OH excluding ortho intramolecular Hbond substituents is 1. The summed E-state index contributed by atoms with van der Waals surface area (Å²) in [5.74, 6) is -1.54. The summed E-state index contributed by atoms with van der Waals surface area (Å²) in [6.45, 7) is 0. The van der Waals surface area contributed by atoms with E-state index in [-0.39, 0.29) is 59.4 Å². The Hall–Kier alpha value is -4.44. The molecule has 8 unspecified atom stereocenters. The number of carbonyl (C=O) groups excluding carboxylic acids is 6. The fourth-order valence-electron chi connectivity index (χ4n) is 8.70. The van der Waals surface area contributed by atoms with Gasteiger partial charge in [-0.15, -0.1) is 23.5 Å². The van der Waals surface area contributed by atoms with Gasteiger partial charge in [-0.3, -0.25) is 19.2 Å². The van der Waals surface area contributed by atoms with E-state index in [0.29, 0.717) is 49.4 Å². The number of amides is 4. The van der Waals surface area contributed by atoms with E-state index in [1.807, 2.05) is 24.3 Å². The van der Waals surface area contributed by atoms with Crippen molar-refractivity contribution >= 4 is 59.1 Å². The van der Waals surface area contributed by atoms with Crippen molar-refractivity contribution in [2.75, 3.05) is 32.8 Å². The van der Waals surface area contributed by atoms with Gasteiger partial charge in [0.15, 0.2) is 0 Å². The van der Waals surface area contributed by atoms with Crippen molar-refractivity contribution in [2.24, 2.45) is 11.8 Å². The van der Waals surface area contributed by atoms with E-state index in [0.717, 1.165) is 36.8 Å². The maximum Gasteiger partial charge on any atom is 0.328 e. The summed E-state index contributed by atoms with van der Waals surface area (Å²) in [5.41, 5.74) is 1.66. The first-order valence-corrected chi connectivity index (χ1v) is 22.7. The average Bonchev–Trinajstić information content (AvgIpc) is 3.51. The predicted molar refractivity (Wildman–Crippen MR) is 223 cm³/mol. The molecule has 320 valence electrons. The van der Waals surface area contributed by atoms with Gasteiger partial charge in [-0.05, 0) is 124 Å². The zero-order valence-corrected chi connectivity index (χ0v) is 35.6. The van der Waals surface area contributed by atoms with Crippen LogP contribution in [0.15, 0.2) is 48.5 Å². The number of carbonyl (C=O) groups is 6. The highest BCUT2D eigenvalue weighted by molar-refractivity contribution is 8.00. The Morgan fingerprint density at radius 1 is 0.661 bits per heavy atom. The first kappa shape index (κ1) is 44.1. The number of phenols is 1. The van der Waals surface area contributed by atoms with Crippen LogP contribution in [0.25, 0.3) is 0 Å². The summed E-state index contributed by atoms with van der Waals surface area (Å²) >= 11 is 3.23. The second-order valence-corrected chi connectivity index (χ2v) is 18.2. The van der Waals surface area contributed by atoms with Crippen LogP contribution in [0.2, 0.25) is 0 Å². The minimum atomic E-state index is -0.850. The quantitative estimate of drug-likeness (QED) is 0.231. The van der Waals surface area contributed by atoms with Gasteiger partial charge in [0.05, 0.1) is 32.1 Å². The maximum absolute atomic E-state index is 14.4. The van der Waals surface area contributed by atoms with Crippen molar-refractivity contribution in [1.29, 1.82) is 0 Å². The number of hydrogen-bond donors (Lipinski definition) is 3. The molecule has 2 aromatic rings. The molecule has 0 spiro atoms. The molecule has 3 N–H and O–H groups in total. The van der Waals surface area contributed by atoms with Crippen LogP contribution in [0, 0.1) is 11.8 Å². The van der Waals surface area contributed by atoms with Gasteiger partial charge in [0, 0.05) is 11.8 Å². The van der Waals surface area contributed by atoms with Gasteiger partial charge in [-0.1, -0.05) is 24.3 Å². The molecule has 0 saturated carbocycles. The Labute approximate surface area is 354 Å². The van der Waals surface area contributed by atoms with Gasteiger partial charge in [0.1, 0.15) is 35.7 Å². The number of piperidine rings is 2. The lowest BCUT2D eigenvalue weighted by atomic mass is 9.86. The van der Waals surface area contributed by atoms with Gasteiger partial charge in [0.2, 0.25) is 23.6 Å². The number of nitrogens with one attached hydrogen (secondary N) is 2. The first-order chi connectivity index (χ1) is 28.5. The summed E-state index contributed by atoms with van der Waals surface area (Å²) in [6.07, 6.45) is 6.01. The van der Waals surface area contributed by atoms with E-state index in [9.17, 15) is 33.9 Å². The highest BCUT2D eigenvalue weighted by Crippen LogP contribution is 2.36. The van der Waals surface area contributed by atoms with E-state index < -0.39 is 47.9 Å². The van der Waals surface area contributed by atoms with Crippen LogP contribution in [0.1, 0.15) is 75.3 Å². The molecule has 2 aromatic carbocycles. The molecule has 0 aliphatic carbocycles. The molecular weight excluding hydrogens is 797 g/mol. The lowest BCUT2D eigenvalue weighted by Crippen LogP contribution is -2.58. The minimum absolute atomic E-state index is 0.0871. The molecule has 16 heteroatoms. The number of esters is 2. The highest BCUT2D eigenvalue weighted by Gasteiger charge is 2.45. The molecular formula is C43H56N4O10S2. The number of ether oxygens (including phenoxy) is 3. The van der Waals surface area contributed by atoms with Crippen LogP contribution < -0.4 is 15.4 Å². The Kier molecular flexibility index (Phi) is 15.5. The van der Waals surface area contributed by atoms with Crippen LogP contribution in [-0.4, -0.2) is 118 Å². The number of aromatic hydroxyl groups is 1. The average molecular weight is 853 g/mol. The zero-order chi connectivity index (χ0) is 42.1. The topological polar surface area (TPSA) is 181 Å². The van der Waals surface area contributed by atoms with Gasteiger partial charge < -0.3 is 39.8 Å². The van der Waals surface area contributed by atoms with Crippen LogP contribution in [0.4, 0.5) is 0 Å². The molecule has 6 rings (SSSR count). The minimum Gasteiger partial charge on any atom is -0.508 e. The Morgan fingerprint density at radius 2 is 1.08 bits per heavy atom. The summed E-state index contributed by atoms with van der Waals surface area (Å²) in [4.78, 5) is 85.8. The molecule has 8 atom stereocenters. The zero-order valence-electron chi connectivity index (χ0n) is 34.0. The van der Waals surface area contributed by atoms with E-state index in [1.54, 1.807) is 64.7 Å². The van der Waals surface area contributed by atoms with Crippen molar-refractivity contribution < 1.29 is 48.1 Å². The Morgan fingerprint density at radius 3 is 1.49 bits per heavy atom. The molecule has 59 heavy (non-hydrogen) atoms. The van der Waals surface area contributed by atoms with Crippen LogP contribution in [0.3, 0.4) is 0 Å².